The Morgan fingerprint density at radius 1 is 1.18 bits per heavy atom. The number of fused-ring (bicyclic) bond motifs is 3. The summed E-state index contributed by atoms with van der Waals surface area (Å²) in [7, 11) is 1.32. The Morgan fingerprint density at radius 3 is 2.65 bits per heavy atom. The average Bonchev–Trinajstić information content (AvgIpc) is 3.54. The van der Waals surface area contributed by atoms with Crippen LogP contribution in [0.1, 0.15) is 59.8 Å². The number of carbonyl (C=O) groups excluding carboxylic acids is 2. The molecular formula is C30H31Cl2FN4O3. The number of halogens is 3. The molecule has 7 nitrogen and oxygen atoms in total. The van der Waals surface area contributed by atoms with E-state index in [1.165, 1.54) is 13.2 Å². The third kappa shape index (κ3) is 3.92. The molecule has 40 heavy (non-hydrogen) atoms. The number of hydrogen-bond acceptors (Lipinski definition) is 6. The predicted octanol–water partition coefficient (Wildman–Crippen LogP) is 5.88. The van der Waals surface area contributed by atoms with E-state index in [4.69, 9.17) is 33.7 Å². The van der Waals surface area contributed by atoms with Crippen LogP contribution in [-0.2, 0) is 15.1 Å². The number of nitrogens with zero attached hydrogens (tertiary/aromatic N) is 1. The van der Waals surface area contributed by atoms with Gasteiger partial charge >= 0.3 is 5.97 Å². The SMILES string of the molecule is C.CCN1[C@H]2CC(c3ccc(C(=O)OC)cc3N)N[C@H]2[C@H](c2cccc(Cl)c2F)[C@]12C(=O)Nc1cc(Cl)ccc12. The number of amides is 1. The number of ether oxygens (including phenoxy) is 1. The largest absolute Gasteiger partial charge is 0.465 e. The van der Waals surface area contributed by atoms with Crippen molar-refractivity contribution in [1.82, 2.24) is 10.2 Å². The number of likely N-dealkylation sites (N-methyl/N-ethyl adjacent to an activating group) is 1. The highest BCUT2D eigenvalue weighted by atomic mass is 35.5. The number of rotatable bonds is 4. The Morgan fingerprint density at radius 2 is 1.95 bits per heavy atom. The van der Waals surface area contributed by atoms with Crippen molar-refractivity contribution in [3.05, 3.63) is 92.7 Å². The standard InChI is InChI=1S/C29H27Cl2FN4O3.CH4/c1-3-36-23-13-21(16-9-7-14(11-20(16)33)27(37)39-2)34-26(23)24(17-5-4-6-19(31)25(17)32)29(36)18-10-8-15(30)12-22(18)35-28(29)38;/h4-12,21,23-24,26,34H,3,13,33H2,1-2H3,(H,35,38);1H4/t21?,23-,24-,26+,29+;/m0./s1. The van der Waals surface area contributed by atoms with Crippen molar-refractivity contribution in [3.63, 3.8) is 0 Å². The van der Waals surface area contributed by atoms with Crippen LogP contribution in [-0.4, -0.2) is 42.5 Å². The van der Waals surface area contributed by atoms with Gasteiger partial charge in [-0.15, -0.1) is 0 Å². The first-order valence-corrected chi connectivity index (χ1v) is 13.5. The molecule has 6 rings (SSSR count). The van der Waals surface area contributed by atoms with Crippen LogP contribution in [0.25, 0.3) is 0 Å². The lowest BCUT2D eigenvalue weighted by atomic mass is 9.73. The number of likely N-dealkylation sites (tertiary alicyclic amines) is 1. The molecule has 1 amide bonds. The van der Waals surface area contributed by atoms with Gasteiger partial charge in [-0.05, 0) is 54.4 Å². The minimum absolute atomic E-state index is 0. The second kappa shape index (κ2) is 10.3. The molecule has 210 valence electrons. The summed E-state index contributed by atoms with van der Waals surface area (Å²) in [4.78, 5) is 28.2. The quantitative estimate of drug-likeness (QED) is 0.262. The smallest absolute Gasteiger partial charge is 0.337 e. The summed E-state index contributed by atoms with van der Waals surface area (Å²) in [5.41, 5.74) is 8.63. The Bertz CT molecular complexity index is 1520. The van der Waals surface area contributed by atoms with Crippen LogP contribution in [0.5, 0.6) is 0 Å². The van der Waals surface area contributed by atoms with Crippen molar-refractivity contribution >= 4 is 46.5 Å². The normalized spacial score (nSPS) is 26.8. The summed E-state index contributed by atoms with van der Waals surface area (Å²) in [6.45, 7) is 2.55. The van der Waals surface area contributed by atoms with Gasteiger partial charge in [0, 0.05) is 46.0 Å². The third-order valence-corrected chi connectivity index (χ3v) is 9.00. The summed E-state index contributed by atoms with van der Waals surface area (Å²) in [6, 6.07) is 14.8. The second-order valence-electron chi connectivity index (χ2n) is 10.2. The van der Waals surface area contributed by atoms with Crippen LogP contribution in [0, 0.1) is 5.82 Å². The van der Waals surface area contributed by atoms with Crippen LogP contribution in [0.4, 0.5) is 15.8 Å². The molecule has 2 saturated heterocycles. The lowest BCUT2D eigenvalue weighted by molar-refractivity contribution is -0.127. The van der Waals surface area contributed by atoms with Crippen LogP contribution < -0.4 is 16.4 Å². The molecule has 10 heteroatoms. The Labute approximate surface area is 242 Å². The zero-order valence-electron chi connectivity index (χ0n) is 21.3. The van der Waals surface area contributed by atoms with E-state index in [1.54, 1.807) is 36.4 Å². The van der Waals surface area contributed by atoms with Crippen molar-refractivity contribution in [2.24, 2.45) is 0 Å². The van der Waals surface area contributed by atoms with E-state index in [9.17, 15) is 9.59 Å². The van der Waals surface area contributed by atoms with Gasteiger partial charge in [0.2, 0.25) is 5.91 Å². The summed E-state index contributed by atoms with van der Waals surface area (Å²) in [6.07, 6.45) is 0.622. The number of hydrogen-bond donors (Lipinski definition) is 3. The molecule has 3 heterocycles. The minimum Gasteiger partial charge on any atom is -0.465 e. The van der Waals surface area contributed by atoms with E-state index < -0.39 is 23.2 Å². The molecule has 0 aliphatic carbocycles. The van der Waals surface area contributed by atoms with Gasteiger partial charge in [0.05, 0.1) is 17.7 Å². The van der Waals surface area contributed by atoms with E-state index in [-0.39, 0.29) is 36.5 Å². The lowest BCUT2D eigenvalue weighted by Gasteiger charge is -2.40. The van der Waals surface area contributed by atoms with Gasteiger partial charge in [-0.25, -0.2) is 9.18 Å². The summed E-state index contributed by atoms with van der Waals surface area (Å²) in [5, 5.41) is 7.22. The lowest BCUT2D eigenvalue weighted by Crippen LogP contribution is -2.52. The van der Waals surface area contributed by atoms with Crippen LogP contribution >= 0.6 is 23.2 Å². The van der Waals surface area contributed by atoms with Gasteiger partial charge in [0.25, 0.3) is 0 Å². The fraction of sp³-hybridized carbons (Fsp3) is 0.333. The first-order valence-electron chi connectivity index (χ1n) is 12.8. The summed E-state index contributed by atoms with van der Waals surface area (Å²) in [5.74, 6) is -1.83. The van der Waals surface area contributed by atoms with E-state index in [0.717, 1.165) is 11.1 Å². The highest BCUT2D eigenvalue weighted by Crippen LogP contribution is 2.60. The molecule has 3 aromatic rings. The van der Waals surface area contributed by atoms with Gasteiger partial charge in [-0.1, -0.05) is 61.8 Å². The molecule has 1 unspecified atom stereocenters. The number of carbonyl (C=O) groups is 2. The maximum absolute atomic E-state index is 15.8. The van der Waals surface area contributed by atoms with Crippen LogP contribution in [0.3, 0.4) is 0 Å². The van der Waals surface area contributed by atoms with E-state index in [1.807, 2.05) is 19.1 Å². The molecule has 2 fully saturated rings. The molecule has 3 aromatic carbocycles. The summed E-state index contributed by atoms with van der Waals surface area (Å²) < 4.78 is 20.6. The maximum Gasteiger partial charge on any atom is 0.337 e. The van der Waals surface area contributed by atoms with Crippen molar-refractivity contribution < 1.29 is 18.7 Å². The Balaban J connectivity index is 0.00000323. The first kappa shape index (κ1) is 28.4. The Hall–Kier alpha value is -3.17. The fourth-order valence-electron chi connectivity index (χ4n) is 7.04. The third-order valence-electron chi connectivity index (χ3n) is 8.48. The number of benzene rings is 3. The molecule has 4 N–H and O–H groups in total. The predicted molar refractivity (Wildman–Crippen MR) is 155 cm³/mol. The zero-order valence-corrected chi connectivity index (χ0v) is 22.8. The highest BCUT2D eigenvalue weighted by Gasteiger charge is 2.68. The number of methoxy groups -OCH3 is 1. The zero-order chi connectivity index (χ0) is 27.6. The van der Waals surface area contributed by atoms with Gasteiger partial charge in [-0.3, -0.25) is 9.69 Å². The van der Waals surface area contributed by atoms with Gasteiger partial charge in [0.1, 0.15) is 11.4 Å². The number of nitrogen functional groups attached to an aromatic ring is 1. The van der Waals surface area contributed by atoms with E-state index >= 15 is 4.39 Å². The number of esters is 1. The van der Waals surface area contributed by atoms with Crippen molar-refractivity contribution in [2.75, 3.05) is 24.7 Å². The molecular weight excluding hydrogens is 554 g/mol. The molecule has 0 aromatic heterocycles. The number of nitrogens with one attached hydrogen (secondary N) is 2. The van der Waals surface area contributed by atoms with Crippen LogP contribution in [0.15, 0.2) is 54.6 Å². The van der Waals surface area contributed by atoms with Crippen molar-refractivity contribution in [1.29, 1.82) is 0 Å². The Kier molecular flexibility index (Phi) is 7.33. The maximum atomic E-state index is 15.8. The highest BCUT2D eigenvalue weighted by molar-refractivity contribution is 6.31. The van der Waals surface area contributed by atoms with Gasteiger partial charge in [0.15, 0.2) is 0 Å². The van der Waals surface area contributed by atoms with Crippen molar-refractivity contribution in [2.45, 2.75) is 50.4 Å². The van der Waals surface area contributed by atoms with Crippen molar-refractivity contribution in [3.8, 4) is 0 Å². The molecule has 0 radical (unpaired) electrons. The van der Waals surface area contributed by atoms with Crippen LogP contribution in [0.2, 0.25) is 10.0 Å². The molecule has 0 bridgehead atoms. The second-order valence-corrected chi connectivity index (χ2v) is 11.0. The van der Waals surface area contributed by atoms with Gasteiger partial charge in [-0.2, -0.15) is 0 Å². The first-order chi connectivity index (χ1) is 18.7. The molecule has 3 aliphatic rings. The minimum atomic E-state index is -1.17. The topological polar surface area (TPSA) is 96.7 Å². The summed E-state index contributed by atoms with van der Waals surface area (Å²) >= 11 is 12.6. The molecule has 1 spiro atoms. The molecule has 3 aliphatic heterocycles. The number of anilines is 2. The average molecular weight is 586 g/mol. The molecule has 5 atom stereocenters. The monoisotopic (exact) mass is 584 g/mol. The number of nitrogens with two attached hydrogens (primary N) is 1. The van der Waals surface area contributed by atoms with E-state index in [2.05, 4.69) is 15.5 Å². The molecule has 0 saturated carbocycles. The van der Waals surface area contributed by atoms with Gasteiger partial charge < -0.3 is 21.1 Å². The fourth-order valence-corrected chi connectivity index (χ4v) is 7.40. The van der Waals surface area contributed by atoms with E-state index in [0.29, 0.717) is 40.5 Å².